The average molecular weight is 343 g/mol. The van der Waals surface area contributed by atoms with Crippen molar-refractivity contribution in [2.24, 2.45) is 0 Å². The predicted octanol–water partition coefficient (Wildman–Crippen LogP) is 2.74. The first-order chi connectivity index (χ1) is 11.9. The van der Waals surface area contributed by atoms with Gasteiger partial charge in [-0.05, 0) is 30.7 Å². The van der Waals surface area contributed by atoms with E-state index in [0.717, 1.165) is 11.6 Å². The summed E-state index contributed by atoms with van der Waals surface area (Å²) in [5.41, 5.74) is 1.52. The van der Waals surface area contributed by atoms with Gasteiger partial charge in [0.25, 0.3) is 11.6 Å². The number of nitro benzene ring substituents is 1. The molecule has 0 fully saturated rings. The van der Waals surface area contributed by atoms with Crippen LogP contribution in [0, 0.1) is 17.0 Å². The molecule has 2 aromatic rings. The summed E-state index contributed by atoms with van der Waals surface area (Å²) in [5, 5.41) is 16.3. The number of ether oxygens (including phenoxy) is 1. The zero-order chi connectivity index (χ0) is 18.4. The normalized spacial score (nSPS) is 10.0. The maximum Gasteiger partial charge on any atom is 0.338 e. The molecule has 0 heterocycles. The first-order valence-electron chi connectivity index (χ1n) is 7.41. The highest BCUT2D eigenvalue weighted by Gasteiger charge is 2.18. The summed E-state index contributed by atoms with van der Waals surface area (Å²) >= 11 is 0. The molecule has 130 valence electrons. The zero-order valence-electron chi connectivity index (χ0n) is 13.7. The topological polar surface area (TPSA) is 111 Å². The molecule has 25 heavy (non-hydrogen) atoms. The van der Waals surface area contributed by atoms with Crippen molar-refractivity contribution in [3.05, 3.63) is 63.7 Å². The molecule has 0 aliphatic heterocycles. The number of carbonyl (C=O) groups excluding carboxylic acids is 2. The van der Waals surface area contributed by atoms with E-state index in [1.807, 2.05) is 19.1 Å². The molecule has 2 N–H and O–H groups in total. The quantitative estimate of drug-likeness (QED) is 0.474. The van der Waals surface area contributed by atoms with Gasteiger partial charge < -0.3 is 15.4 Å². The predicted molar refractivity (Wildman–Crippen MR) is 92.7 cm³/mol. The van der Waals surface area contributed by atoms with Crippen molar-refractivity contribution in [1.82, 2.24) is 0 Å². The van der Waals surface area contributed by atoms with Crippen LogP contribution in [0.5, 0.6) is 0 Å². The highest BCUT2D eigenvalue weighted by atomic mass is 16.6. The minimum absolute atomic E-state index is 0.00519. The highest BCUT2D eigenvalue weighted by molar-refractivity contribution is 5.96. The van der Waals surface area contributed by atoms with Gasteiger partial charge in [0.15, 0.2) is 6.61 Å². The molecule has 0 unspecified atom stereocenters. The van der Waals surface area contributed by atoms with E-state index in [1.54, 1.807) is 12.1 Å². The van der Waals surface area contributed by atoms with E-state index in [4.69, 9.17) is 4.74 Å². The number of nitro groups is 1. The number of esters is 1. The lowest BCUT2D eigenvalue weighted by Gasteiger charge is -2.09. The Balaban J connectivity index is 2.00. The number of hydrogen-bond donors (Lipinski definition) is 2. The van der Waals surface area contributed by atoms with E-state index in [-0.39, 0.29) is 16.9 Å². The van der Waals surface area contributed by atoms with Gasteiger partial charge in [-0.25, -0.2) is 4.79 Å². The van der Waals surface area contributed by atoms with Gasteiger partial charge in [0.05, 0.1) is 10.5 Å². The third kappa shape index (κ3) is 4.54. The average Bonchev–Trinajstić information content (AvgIpc) is 2.61. The van der Waals surface area contributed by atoms with Gasteiger partial charge in [-0.15, -0.1) is 0 Å². The lowest BCUT2D eigenvalue weighted by molar-refractivity contribution is -0.384. The summed E-state index contributed by atoms with van der Waals surface area (Å²) in [6.07, 6.45) is 0. The number of nitrogens with one attached hydrogen (secondary N) is 2. The molecule has 8 heteroatoms. The van der Waals surface area contributed by atoms with Crippen molar-refractivity contribution in [3.63, 3.8) is 0 Å². The summed E-state index contributed by atoms with van der Waals surface area (Å²) in [4.78, 5) is 34.3. The number of benzene rings is 2. The van der Waals surface area contributed by atoms with Crippen molar-refractivity contribution in [1.29, 1.82) is 0 Å². The van der Waals surface area contributed by atoms with Crippen molar-refractivity contribution in [2.75, 3.05) is 24.3 Å². The molecule has 0 atom stereocenters. The first-order valence-corrected chi connectivity index (χ1v) is 7.41. The highest BCUT2D eigenvalue weighted by Crippen LogP contribution is 2.25. The fourth-order valence-corrected chi connectivity index (χ4v) is 2.13. The molecule has 0 radical (unpaired) electrons. The van der Waals surface area contributed by atoms with Crippen LogP contribution in [0.1, 0.15) is 15.9 Å². The molecular weight excluding hydrogens is 326 g/mol. The van der Waals surface area contributed by atoms with E-state index < -0.39 is 23.4 Å². The number of anilines is 2. The molecule has 0 bridgehead atoms. The fourth-order valence-electron chi connectivity index (χ4n) is 2.13. The largest absolute Gasteiger partial charge is 0.452 e. The van der Waals surface area contributed by atoms with Crippen LogP contribution in [0.2, 0.25) is 0 Å². The van der Waals surface area contributed by atoms with Gasteiger partial charge in [0.2, 0.25) is 0 Å². The molecular formula is C17H17N3O5. The summed E-state index contributed by atoms with van der Waals surface area (Å²) in [7, 11) is 1.54. The van der Waals surface area contributed by atoms with E-state index in [9.17, 15) is 19.7 Å². The number of aryl methyl sites for hydroxylation is 1. The van der Waals surface area contributed by atoms with E-state index in [2.05, 4.69) is 10.6 Å². The third-order valence-corrected chi connectivity index (χ3v) is 3.45. The SMILES string of the molecule is CNc1ccc(C(=O)OCC(=O)Nc2ccccc2C)cc1[N+](=O)[O-]. The van der Waals surface area contributed by atoms with E-state index >= 15 is 0 Å². The zero-order valence-corrected chi connectivity index (χ0v) is 13.7. The molecule has 0 aliphatic carbocycles. The second-order valence-corrected chi connectivity index (χ2v) is 5.18. The van der Waals surface area contributed by atoms with Gasteiger partial charge in [-0.1, -0.05) is 18.2 Å². The second-order valence-electron chi connectivity index (χ2n) is 5.18. The Morgan fingerprint density at radius 2 is 1.88 bits per heavy atom. The number of rotatable bonds is 6. The van der Waals surface area contributed by atoms with Crippen molar-refractivity contribution >= 4 is 28.9 Å². The molecule has 0 aromatic heterocycles. The molecule has 8 nitrogen and oxygen atoms in total. The van der Waals surface area contributed by atoms with Gasteiger partial charge >= 0.3 is 5.97 Å². The Morgan fingerprint density at radius 3 is 2.52 bits per heavy atom. The van der Waals surface area contributed by atoms with Crippen LogP contribution < -0.4 is 10.6 Å². The molecule has 0 saturated carbocycles. The van der Waals surface area contributed by atoms with Crippen LogP contribution in [-0.2, 0) is 9.53 Å². The Hall–Kier alpha value is -3.42. The van der Waals surface area contributed by atoms with Gasteiger partial charge in [0.1, 0.15) is 5.69 Å². The van der Waals surface area contributed by atoms with Crippen LogP contribution in [0.3, 0.4) is 0 Å². The van der Waals surface area contributed by atoms with Crippen LogP contribution >= 0.6 is 0 Å². The number of para-hydroxylation sites is 1. The maximum absolute atomic E-state index is 12.0. The van der Waals surface area contributed by atoms with Crippen molar-refractivity contribution in [2.45, 2.75) is 6.92 Å². The van der Waals surface area contributed by atoms with Gasteiger partial charge in [-0.2, -0.15) is 0 Å². The summed E-state index contributed by atoms with van der Waals surface area (Å²) in [5.74, 6) is -1.31. The Bertz CT molecular complexity index is 820. The van der Waals surface area contributed by atoms with Crippen LogP contribution in [-0.4, -0.2) is 30.5 Å². The fraction of sp³-hybridized carbons (Fsp3) is 0.176. The lowest BCUT2D eigenvalue weighted by Crippen LogP contribution is -2.21. The molecule has 2 aromatic carbocycles. The Morgan fingerprint density at radius 1 is 1.16 bits per heavy atom. The van der Waals surface area contributed by atoms with Gasteiger partial charge in [-0.3, -0.25) is 14.9 Å². The molecule has 2 rings (SSSR count). The molecule has 1 amide bonds. The number of nitrogens with zero attached hydrogens (tertiary/aromatic N) is 1. The summed E-state index contributed by atoms with van der Waals surface area (Å²) < 4.78 is 4.92. The second kappa shape index (κ2) is 7.91. The molecule has 0 saturated heterocycles. The lowest BCUT2D eigenvalue weighted by atomic mass is 10.1. The van der Waals surface area contributed by atoms with Crippen LogP contribution in [0.4, 0.5) is 17.1 Å². The summed E-state index contributed by atoms with van der Waals surface area (Å²) in [6, 6.07) is 11.1. The minimum atomic E-state index is -0.814. The standard InChI is InChI=1S/C17H17N3O5/c1-11-5-3-4-6-13(11)19-16(21)10-25-17(22)12-7-8-14(18-2)15(9-12)20(23)24/h3-9,18H,10H2,1-2H3,(H,19,21). The minimum Gasteiger partial charge on any atom is -0.452 e. The first kappa shape index (κ1) is 17.9. The maximum atomic E-state index is 12.0. The number of amides is 1. The summed E-state index contributed by atoms with van der Waals surface area (Å²) in [6.45, 7) is 1.35. The number of hydrogen-bond acceptors (Lipinski definition) is 6. The number of carbonyl (C=O) groups is 2. The van der Waals surface area contributed by atoms with E-state index in [0.29, 0.717) is 5.69 Å². The third-order valence-electron chi connectivity index (χ3n) is 3.45. The van der Waals surface area contributed by atoms with Crippen LogP contribution in [0.25, 0.3) is 0 Å². The monoisotopic (exact) mass is 343 g/mol. The Kier molecular flexibility index (Phi) is 5.67. The van der Waals surface area contributed by atoms with Crippen LogP contribution in [0.15, 0.2) is 42.5 Å². The van der Waals surface area contributed by atoms with Crippen molar-refractivity contribution < 1.29 is 19.2 Å². The molecule has 0 aliphatic rings. The Labute approximate surface area is 144 Å². The van der Waals surface area contributed by atoms with Gasteiger partial charge in [0, 0.05) is 18.8 Å². The van der Waals surface area contributed by atoms with E-state index in [1.165, 1.54) is 19.2 Å². The van der Waals surface area contributed by atoms with Crippen molar-refractivity contribution in [3.8, 4) is 0 Å². The smallest absolute Gasteiger partial charge is 0.338 e. The molecule has 0 spiro atoms.